The van der Waals surface area contributed by atoms with Crippen LogP contribution in [0.4, 0.5) is 0 Å². The molecule has 0 aliphatic heterocycles. The highest BCUT2D eigenvalue weighted by atomic mass is 16.1. The Kier molecular flexibility index (Phi) is 3.61. The van der Waals surface area contributed by atoms with Crippen molar-refractivity contribution in [3.8, 4) is 0 Å². The van der Waals surface area contributed by atoms with Gasteiger partial charge in [0.2, 0.25) is 0 Å². The summed E-state index contributed by atoms with van der Waals surface area (Å²) in [5.41, 5.74) is 4.35. The normalized spacial score (nSPS) is 12.5. The molecule has 1 N–H and O–H groups in total. The van der Waals surface area contributed by atoms with Gasteiger partial charge in [0.1, 0.15) is 0 Å². The van der Waals surface area contributed by atoms with Gasteiger partial charge in [-0.05, 0) is 25.0 Å². The molecule has 1 aromatic heterocycles. The van der Waals surface area contributed by atoms with Crippen LogP contribution in [0.5, 0.6) is 0 Å². The number of para-hydroxylation sites is 1. The Balaban J connectivity index is 1.88. The van der Waals surface area contributed by atoms with E-state index < -0.39 is 0 Å². The zero-order valence-corrected chi connectivity index (χ0v) is 12.4. The van der Waals surface area contributed by atoms with Gasteiger partial charge < -0.3 is 4.98 Å². The van der Waals surface area contributed by atoms with Crippen molar-refractivity contribution in [2.24, 2.45) is 5.92 Å². The zero-order chi connectivity index (χ0) is 14.8. The number of hydrogen-bond acceptors (Lipinski definition) is 1. The average molecular weight is 277 g/mol. The van der Waals surface area contributed by atoms with Crippen molar-refractivity contribution in [2.75, 3.05) is 0 Å². The lowest BCUT2D eigenvalue weighted by atomic mass is 9.92. The van der Waals surface area contributed by atoms with Gasteiger partial charge in [0, 0.05) is 28.1 Å². The minimum atomic E-state index is -0.0229. The van der Waals surface area contributed by atoms with E-state index in [1.54, 1.807) is 0 Å². The van der Waals surface area contributed by atoms with Crippen LogP contribution in [-0.2, 0) is 6.42 Å². The van der Waals surface area contributed by atoms with Crippen molar-refractivity contribution in [1.82, 2.24) is 4.98 Å². The molecule has 0 aliphatic carbocycles. The number of ketones is 1. The summed E-state index contributed by atoms with van der Waals surface area (Å²) in [4.78, 5) is 15.9. The van der Waals surface area contributed by atoms with Crippen LogP contribution in [0.1, 0.15) is 28.5 Å². The number of nitrogens with one attached hydrogen (secondary N) is 1. The van der Waals surface area contributed by atoms with Gasteiger partial charge in [0.05, 0.1) is 0 Å². The summed E-state index contributed by atoms with van der Waals surface area (Å²) in [5, 5.41) is 1.22. The largest absolute Gasteiger partial charge is 0.358 e. The number of rotatable bonds is 4. The van der Waals surface area contributed by atoms with E-state index in [-0.39, 0.29) is 11.7 Å². The number of fused-ring (bicyclic) bond motifs is 1. The highest BCUT2D eigenvalue weighted by Gasteiger charge is 2.18. The minimum absolute atomic E-state index is 0.0229. The van der Waals surface area contributed by atoms with Crippen LogP contribution in [0.2, 0.25) is 0 Å². The van der Waals surface area contributed by atoms with E-state index in [0.717, 1.165) is 23.2 Å². The van der Waals surface area contributed by atoms with Crippen LogP contribution in [0.15, 0.2) is 54.6 Å². The fourth-order valence-electron chi connectivity index (χ4n) is 2.88. The van der Waals surface area contributed by atoms with Crippen molar-refractivity contribution in [3.63, 3.8) is 0 Å². The first-order chi connectivity index (χ1) is 10.2. The van der Waals surface area contributed by atoms with Crippen molar-refractivity contribution in [3.05, 3.63) is 71.4 Å². The predicted molar refractivity (Wildman–Crippen MR) is 86.7 cm³/mol. The summed E-state index contributed by atoms with van der Waals surface area (Å²) in [7, 11) is 0. The molecule has 1 atom stereocenters. The molecule has 0 radical (unpaired) electrons. The maximum Gasteiger partial charge on any atom is 0.165 e. The average Bonchev–Trinajstić information content (AvgIpc) is 2.83. The monoisotopic (exact) mass is 277 g/mol. The maximum atomic E-state index is 12.5. The number of aromatic nitrogens is 1. The third-order valence-electron chi connectivity index (χ3n) is 4.04. The molecular weight excluding hydrogens is 258 g/mol. The lowest BCUT2D eigenvalue weighted by molar-refractivity contribution is 0.0929. The number of hydrogen-bond donors (Lipinski definition) is 1. The van der Waals surface area contributed by atoms with E-state index in [0.29, 0.717) is 0 Å². The van der Waals surface area contributed by atoms with Crippen LogP contribution in [0, 0.1) is 12.8 Å². The molecule has 21 heavy (non-hydrogen) atoms. The highest BCUT2D eigenvalue weighted by Crippen LogP contribution is 2.25. The Hall–Kier alpha value is -2.35. The number of carbonyl (C=O) groups is 1. The molecule has 0 saturated carbocycles. The fourth-order valence-corrected chi connectivity index (χ4v) is 2.88. The molecule has 0 aliphatic rings. The quantitative estimate of drug-likeness (QED) is 0.698. The smallest absolute Gasteiger partial charge is 0.165 e. The van der Waals surface area contributed by atoms with E-state index in [9.17, 15) is 4.79 Å². The summed E-state index contributed by atoms with van der Waals surface area (Å²) in [5.74, 6) is 0.186. The van der Waals surface area contributed by atoms with Gasteiger partial charge in [-0.25, -0.2) is 0 Å². The summed E-state index contributed by atoms with van der Waals surface area (Å²) in [6, 6.07) is 17.8. The van der Waals surface area contributed by atoms with E-state index >= 15 is 0 Å². The highest BCUT2D eigenvalue weighted by molar-refractivity contribution is 5.98. The summed E-state index contributed by atoms with van der Waals surface area (Å²) in [6.45, 7) is 4.09. The predicted octanol–water partition coefficient (Wildman–Crippen LogP) is 4.54. The first-order valence-corrected chi connectivity index (χ1v) is 7.32. The van der Waals surface area contributed by atoms with Gasteiger partial charge in [-0.1, -0.05) is 55.5 Å². The number of Topliss-reactive ketones (excluding diaryl/α,β-unsaturated/α-hetero) is 1. The standard InChI is InChI=1S/C19H19NO/c1-13(19(21)15-8-4-3-5-9-15)12-17-14(2)20-18-11-7-6-10-16(17)18/h3-11,13,20H,12H2,1-2H3/t13-/m1/s1. The molecule has 2 aromatic carbocycles. The Morgan fingerprint density at radius 1 is 1.05 bits per heavy atom. The third-order valence-corrected chi connectivity index (χ3v) is 4.04. The third kappa shape index (κ3) is 2.62. The van der Waals surface area contributed by atoms with Gasteiger partial charge in [-0.15, -0.1) is 0 Å². The van der Waals surface area contributed by atoms with Crippen molar-refractivity contribution in [2.45, 2.75) is 20.3 Å². The second-order valence-electron chi connectivity index (χ2n) is 5.61. The van der Waals surface area contributed by atoms with Crippen LogP contribution < -0.4 is 0 Å². The Bertz CT molecular complexity index is 771. The fraction of sp³-hybridized carbons (Fsp3) is 0.211. The lowest BCUT2D eigenvalue weighted by Gasteiger charge is -2.11. The Labute approximate surface area is 124 Å². The second-order valence-corrected chi connectivity index (χ2v) is 5.61. The second kappa shape index (κ2) is 5.57. The number of benzene rings is 2. The van der Waals surface area contributed by atoms with Crippen molar-refractivity contribution in [1.29, 1.82) is 0 Å². The zero-order valence-electron chi connectivity index (χ0n) is 12.4. The Morgan fingerprint density at radius 2 is 1.71 bits per heavy atom. The topological polar surface area (TPSA) is 32.9 Å². The van der Waals surface area contributed by atoms with E-state index in [2.05, 4.69) is 24.0 Å². The molecule has 0 bridgehead atoms. The Morgan fingerprint density at radius 3 is 2.48 bits per heavy atom. The van der Waals surface area contributed by atoms with Crippen molar-refractivity contribution >= 4 is 16.7 Å². The molecule has 1 heterocycles. The molecule has 0 saturated heterocycles. The van der Waals surface area contributed by atoms with Gasteiger partial charge >= 0.3 is 0 Å². The van der Waals surface area contributed by atoms with Gasteiger partial charge in [-0.2, -0.15) is 0 Å². The van der Waals surface area contributed by atoms with Gasteiger partial charge in [0.25, 0.3) is 0 Å². The molecule has 0 amide bonds. The molecule has 0 unspecified atom stereocenters. The number of carbonyl (C=O) groups excluding carboxylic acids is 1. The van der Waals surface area contributed by atoms with Gasteiger partial charge in [-0.3, -0.25) is 4.79 Å². The maximum absolute atomic E-state index is 12.5. The molecular formula is C19H19NO. The molecule has 3 aromatic rings. The van der Waals surface area contributed by atoms with Crippen LogP contribution in [0.3, 0.4) is 0 Å². The van der Waals surface area contributed by atoms with Crippen LogP contribution >= 0.6 is 0 Å². The molecule has 106 valence electrons. The summed E-state index contributed by atoms with van der Waals surface area (Å²) >= 11 is 0. The minimum Gasteiger partial charge on any atom is -0.358 e. The first-order valence-electron chi connectivity index (χ1n) is 7.32. The van der Waals surface area contributed by atoms with Crippen LogP contribution in [0.25, 0.3) is 10.9 Å². The number of aromatic amines is 1. The lowest BCUT2D eigenvalue weighted by Crippen LogP contribution is -2.14. The molecule has 2 heteroatoms. The number of aryl methyl sites for hydroxylation is 1. The first kappa shape index (κ1) is 13.6. The molecule has 2 nitrogen and oxygen atoms in total. The number of H-pyrrole nitrogens is 1. The summed E-state index contributed by atoms with van der Waals surface area (Å²) < 4.78 is 0. The SMILES string of the molecule is Cc1[nH]c2ccccc2c1C[C@@H](C)C(=O)c1ccccc1. The van der Waals surface area contributed by atoms with E-state index in [1.807, 2.05) is 49.4 Å². The molecule has 0 spiro atoms. The molecule has 0 fully saturated rings. The van der Waals surface area contributed by atoms with Gasteiger partial charge in [0.15, 0.2) is 5.78 Å². The van der Waals surface area contributed by atoms with Crippen LogP contribution in [-0.4, -0.2) is 10.8 Å². The van der Waals surface area contributed by atoms with E-state index in [4.69, 9.17) is 0 Å². The van der Waals surface area contributed by atoms with Crippen molar-refractivity contribution < 1.29 is 4.79 Å². The van der Waals surface area contributed by atoms with E-state index in [1.165, 1.54) is 10.9 Å². The molecule has 3 rings (SSSR count). The summed E-state index contributed by atoms with van der Waals surface area (Å²) in [6.07, 6.45) is 0.767.